The second-order valence-electron chi connectivity index (χ2n) is 8.36. The number of benzene rings is 2. The fourth-order valence-electron chi connectivity index (χ4n) is 3.68. The number of nitrogens with two attached hydrogens (primary N) is 1. The molecule has 194 valence electrons. The van der Waals surface area contributed by atoms with E-state index in [4.69, 9.17) is 11.1 Å². The quantitative estimate of drug-likeness (QED) is 0.331. The molecule has 0 spiro atoms. The van der Waals surface area contributed by atoms with Crippen molar-refractivity contribution in [1.29, 1.82) is 5.41 Å². The molecule has 0 saturated heterocycles. The van der Waals surface area contributed by atoms with E-state index in [9.17, 15) is 22.4 Å². The minimum absolute atomic E-state index is 0.0183. The summed E-state index contributed by atoms with van der Waals surface area (Å²) in [6, 6.07) is 10.8. The van der Waals surface area contributed by atoms with E-state index in [1.807, 2.05) is 0 Å². The van der Waals surface area contributed by atoms with Gasteiger partial charge in [-0.25, -0.2) is 14.4 Å². The van der Waals surface area contributed by atoms with Gasteiger partial charge in [-0.15, -0.1) is 0 Å². The fraction of sp³-hybridized carbons (Fsp3) is 0.111. The molecule has 7 nitrogen and oxygen atoms in total. The second kappa shape index (κ2) is 10.8. The van der Waals surface area contributed by atoms with Crippen molar-refractivity contribution in [3.05, 3.63) is 113 Å². The molecular formula is C27H22F4N6O. The number of halogens is 4. The smallest absolute Gasteiger partial charge is 0.341 e. The van der Waals surface area contributed by atoms with Crippen LogP contribution < -0.4 is 16.4 Å². The molecule has 2 aromatic carbocycles. The summed E-state index contributed by atoms with van der Waals surface area (Å²) < 4.78 is 56.0. The van der Waals surface area contributed by atoms with E-state index >= 15 is 0 Å². The Labute approximate surface area is 215 Å². The lowest BCUT2D eigenvalue weighted by molar-refractivity contribution is -0.137. The average molecular weight is 523 g/mol. The van der Waals surface area contributed by atoms with E-state index < -0.39 is 34.6 Å². The van der Waals surface area contributed by atoms with Crippen molar-refractivity contribution in [2.75, 3.05) is 5.32 Å². The van der Waals surface area contributed by atoms with E-state index in [1.54, 1.807) is 49.4 Å². The SMILES string of the molecule is CC(N)C1=CC(=N)/C(=C(/NC(=O)c2cc(-c3ncccn3)c(C(F)(F)F)cc2F)Nc2ccccc2)C=C1. The summed E-state index contributed by atoms with van der Waals surface area (Å²) in [6.07, 6.45) is 2.34. The molecule has 4 rings (SSSR count). The van der Waals surface area contributed by atoms with Gasteiger partial charge in [-0.1, -0.05) is 24.3 Å². The lowest BCUT2D eigenvalue weighted by Crippen LogP contribution is -2.31. The molecule has 1 unspecified atom stereocenters. The van der Waals surface area contributed by atoms with Crippen molar-refractivity contribution in [3.63, 3.8) is 0 Å². The molecule has 3 aromatic rings. The number of hydrogen-bond acceptors (Lipinski definition) is 6. The van der Waals surface area contributed by atoms with Crippen LogP contribution in [0.15, 0.2) is 96.1 Å². The number of amides is 1. The molecule has 1 atom stereocenters. The van der Waals surface area contributed by atoms with Crippen molar-refractivity contribution in [2.24, 2.45) is 5.73 Å². The molecule has 0 fully saturated rings. The van der Waals surface area contributed by atoms with Crippen molar-refractivity contribution in [1.82, 2.24) is 15.3 Å². The van der Waals surface area contributed by atoms with Crippen LogP contribution >= 0.6 is 0 Å². The first-order valence-electron chi connectivity index (χ1n) is 11.3. The predicted molar refractivity (Wildman–Crippen MR) is 136 cm³/mol. The summed E-state index contributed by atoms with van der Waals surface area (Å²) in [5.74, 6) is -2.71. The Kier molecular flexibility index (Phi) is 7.49. The molecule has 0 aliphatic heterocycles. The summed E-state index contributed by atoms with van der Waals surface area (Å²) in [5, 5.41) is 14.0. The van der Waals surface area contributed by atoms with Gasteiger partial charge in [0.2, 0.25) is 0 Å². The lowest BCUT2D eigenvalue weighted by atomic mass is 9.96. The third-order valence-electron chi connectivity index (χ3n) is 5.58. The number of para-hydroxylation sites is 1. The topological polar surface area (TPSA) is 117 Å². The van der Waals surface area contributed by atoms with Crippen molar-refractivity contribution in [2.45, 2.75) is 19.1 Å². The van der Waals surface area contributed by atoms with Crippen LogP contribution in [0.4, 0.5) is 23.2 Å². The summed E-state index contributed by atoms with van der Waals surface area (Å²) >= 11 is 0. The predicted octanol–water partition coefficient (Wildman–Crippen LogP) is 5.22. The van der Waals surface area contributed by atoms with Crippen molar-refractivity contribution < 1.29 is 22.4 Å². The highest BCUT2D eigenvalue weighted by Gasteiger charge is 2.36. The maximum Gasteiger partial charge on any atom is 0.417 e. The first-order valence-corrected chi connectivity index (χ1v) is 11.3. The minimum Gasteiger partial charge on any atom is -0.341 e. The maximum absolute atomic E-state index is 14.9. The Hall–Kier alpha value is -4.64. The van der Waals surface area contributed by atoms with E-state index in [0.29, 0.717) is 11.3 Å². The molecule has 1 amide bonds. The number of hydrogen-bond donors (Lipinski definition) is 4. The summed E-state index contributed by atoms with van der Waals surface area (Å²) in [6.45, 7) is 1.75. The highest BCUT2D eigenvalue weighted by molar-refractivity contribution is 6.11. The van der Waals surface area contributed by atoms with E-state index in [-0.39, 0.29) is 35.0 Å². The third-order valence-corrected chi connectivity index (χ3v) is 5.58. The first kappa shape index (κ1) is 26.4. The number of alkyl halides is 3. The van der Waals surface area contributed by atoms with Gasteiger partial charge in [0.25, 0.3) is 5.91 Å². The molecular weight excluding hydrogens is 500 g/mol. The number of nitrogens with zero attached hydrogens (tertiary/aromatic N) is 2. The summed E-state index contributed by atoms with van der Waals surface area (Å²) in [7, 11) is 0. The number of allylic oxidation sites excluding steroid dienone is 3. The van der Waals surface area contributed by atoms with Gasteiger partial charge in [0.05, 0.1) is 16.8 Å². The van der Waals surface area contributed by atoms with Crippen LogP contribution in [0.25, 0.3) is 11.4 Å². The van der Waals surface area contributed by atoms with Crippen molar-refractivity contribution >= 4 is 17.3 Å². The number of carbonyl (C=O) groups is 1. The largest absolute Gasteiger partial charge is 0.417 e. The maximum atomic E-state index is 14.9. The van der Waals surface area contributed by atoms with Crippen LogP contribution in [0, 0.1) is 11.2 Å². The van der Waals surface area contributed by atoms with Gasteiger partial charge in [-0.05, 0) is 55.0 Å². The molecule has 1 heterocycles. The molecule has 0 saturated carbocycles. The molecule has 38 heavy (non-hydrogen) atoms. The van der Waals surface area contributed by atoms with Crippen LogP contribution in [0.5, 0.6) is 0 Å². The fourth-order valence-corrected chi connectivity index (χ4v) is 3.68. The number of aromatic nitrogens is 2. The Morgan fingerprint density at radius 3 is 2.34 bits per heavy atom. The van der Waals surface area contributed by atoms with Crippen LogP contribution in [-0.4, -0.2) is 27.6 Å². The van der Waals surface area contributed by atoms with E-state index in [1.165, 1.54) is 24.5 Å². The summed E-state index contributed by atoms with van der Waals surface area (Å²) in [4.78, 5) is 20.9. The Morgan fingerprint density at radius 2 is 1.74 bits per heavy atom. The molecule has 0 radical (unpaired) electrons. The summed E-state index contributed by atoms with van der Waals surface area (Å²) in [5.41, 5.74) is 4.88. The van der Waals surface area contributed by atoms with Crippen LogP contribution in [0.3, 0.4) is 0 Å². The number of rotatable bonds is 6. The van der Waals surface area contributed by atoms with Crippen LogP contribution in [0.1, 0.15) is 22.8 Å². The molecule has 1 aromatic heterocycles. The van der Waals surface area contributed by atoms with E-state index in [2.05, 4.69) is 20.6 Å². The van der Waals surface area contributed by atoms with Crippen LogP contribution in [0.2, 0.25) is 0 Å². The molecule has 11 heteroatoms. The first-order chi connectivity index (χ1) is 18.0. The Balaban J connectivity index is 1.77. The van der Waals surface area contributed by atoms with Gasteiger partial charge in [-0.3, -0.25) is 4.79 Å². The molecule has 5 N–H and O–H groups in total. The van der Waals surface area contributed by atoms with E-state index in [0.717, 1.165) is 6.07 Å². The Bertz CT molecular complexity index is 1460. The normalized spacial score (nSPS) is 15.5. The lowest BCUT2D eigenvalue weighted by Gasteiger charge is -2.20. The van der Waals surface area contributed by atoms with Gasteiger partial charge in [0, 0.05) is 35.3 Å². The average Bonchev–Trinajstić information content (AvgIpc) is 2.88. The number of anilines is 1. The molecule has 1 aliphatic rings. The van der Waals surface area contributed by atoms with Gasteiger partial charge in [0.15, 0.2) is 5.82 Å². The standard InChI is InChI=1S/C27H22F4N6O/c1-15(32)16-8-9-18(23(33)12-16)25(36-17-6-3-2-4-7-17)37-26(38)20-13-19(24-34-10-5-11-35-24)21(14-22(20)28)27(29,30)31/h2-15,33,36H,32H2,1H3,(H,37,38)/b25-18+,33-23?. The van der Waals surface area contributed by atoms with Crippen molar-refractivity contribution in [3.8, 4) is 11.4 Å². The highest BCUT2D eigenvalue weighted by Crippen LogP contribution is 2.37. The van der Waals surface area contributed by atoms with Crippen LogP contribution in [-0.2, 0) is 6.18 Å². The van der Waals surface area contributed by atoms with Gasteiger partial charge in [-0.2, -0.15) is 13.2 Å². The zero-order valence-electron chi connectivity index (χ0n) is 20.0. The third kappa shape index (κ3) is 5.84. The van der Waals surface area contributed by atoms with Gasteiger partial charge in [0.1, 0.15) is 11.6 Å². The Morgan fingerprint density at radius 1 is 1.05 bits per heavy atom. The second-order valence-corrected chi connectivity index (χ2v) is 8.36. The molecule has 1 aliphatic carbocycles. The zero-order chi connectivity index (χ0) is 27.4. The minimum atomic E-state index is -4.92. The zero-order valence-corrected chi connectivity index (χ0v) is 20.0. The number of nitrogens with one attached hydrogen (secondary N) is 3. The number of carbonyl (C=O) groups excluding carboxylic acids is 1. The van der Waals surface area contributed by atoms with Gasteiger partial charge < -0.3 is 21.8 Å². The molecule has 0 bridgehead atoms. The highest BCUT2D eigenvalue weighted by atomic mass is 19.4. The monoisotopic (exact) mass is 522 g/mol. The van der Waals surface area contributed by atoms with Gasteiger partial charge >= 0.3 is 6.18 Å².